The third-order valence-electron chi connectivity index (χ3n) is 6.32. The van der Waals surface area contributed by atoms with Crippen molar-refractivity contribution >= 4 is 34.5 Å². The van der Waals surface area contributed by atoms with Crippen LogP contribution in [-0.2, 0) is 29.7 Å². The van der Waals surface area contributed by atoms with E-state index in [4.69, 9.17) is 0 Å². The molecule has 1 aliphatic rings. The van der Waals surface area contributed by atoms with E-state index in [1.54, 1.807) is 47.3 Å². The van der Waals surface area contributed by atoms with E-state index < -0.39 is 6.04 Å². The van der Waals surface area contributed by atoms with E-state index in [9.17, 15) is 14.7 Å². The minimum atomic E-state index is -0.831. The number of aryl methyl sites for hydroxylation is 1. The lowest BCUT2D eigenvalue weighted by molar-refractivity contribution is -0.141. The van der Waals surface area contributed by atoms with E-state index in [0.717, 1.165) is 27.1 Å². The molecule has 0 radical (unpaired) electrons. The van der Waals surface area contributed by atoms with Gasteiger partial charge in [0.15, 0.2) is 0 Å². The molecule has 5 rings (SSSR count). The second-order valence-electron chi connectivity index (χ2n) is 8.53. The number of phenols is 1. The molecule has 2 N–H and O–H groups in total. The maximum atomic E-state index is 13.9. The smallest absolute Gasteiger partial charge is 0.247 e. The van der Waals surface area contributed by atoms with Crippen molar-refractivity contribution in [2.45, 2.75) is 30.6 Å². The molecular formula is C27H26N4O3S. The van der Waals surface area contributed by atoms with E-state index >= 15 is 0 Å². The Morgan fingerprint density at radius 3 is 2.74 bits per heavy atom. The molecule has 2 aromatic carbocycles. The molecule has 0 fully saturated rings. The van der Waals surface area contributed by atoms with Gasteiger partial charge in [-0.15, -0.1) is 11.8 Å². The summed E-state index contributed by atoms with van der Waals surface area (Å²) in [7, 11) is 2.00. The molecular weight excluding hydrogens is 460 g/mol. The largest absolute Gasteiger partial charge is 0.508 e. The van der Waals surface area contributed by atoms with Crippen LogP contribution in [0.2, 0.25) is 0 Å². The number of aromatic nitrogens is 2. The molecule has 0 spiro atoms. The number of pyridine rings is 1. The van der Waals surface area contributed by atoms with Gasteiger partial charge < -0.3 is 19.9 Å². The maximum Gasteiger partial charge on any atom is 0.247 e. The van der Waals surface area contributed by atoms with Gasteiger partial charge in [-0.2, -0.15) is 0 Å². The summed E-state index contributed by atoms with van der Waals surface area (Å²) in [6.07, 6.45) is 3.74. The number of rotatable bonds is 5. The molecule has 0 aliphatic carbocycles. The minimum absolute atomic E-state index is 0.0809. The lowest BCUT2D eigenvalue weighted by Gasteiger charge is -2.33. The van der Waals surface area contributed by atoms with Gasteiger partial charge in [0.05, 0.1) is 5.03 Å². The van der Waals surface area contributed by atoms with Gasteiger partial charge in [-0.25, -0.2) is 0 Å². The molecule has 7 nitrogen and oxygen atoms in total. The number of thioether (sulfide) groups is 1. The Morgan fingerprint density at radius 2 is 1.94 bits per heavy atom. The number of amides is 2. The summed E-state index contributed by atoms with van der Waals surface area (Å²) in [5.41, 5.74) is 3.32. The highest BCUT2D eigenvalue weighted by molar-refractivity contribution is 7.99. The van der Waals surface area contributed by atoms with Crippen molar-refractivity contribution < 1.29 is 14.7 Å². The lowest BCUT2D eigenvalue weighted by atomic mass is 10.0. The Hall–Kier alpha value is -3.78. The van der Waals surface area contributed by atoms with Crippen LogP contribution in [0.4, 0.5) is 0 Å². The van der Waals surface area contributed by atoms with Gasteiger partial charge in [-0.1, -0.05) is 42.5 Å². The second-order valence-corrected chi connectivity index (χ2v) is 9.61. The average molecular weight is 487 g/mol. The zero-order valence-electron chi connectivity index (χ0n) is 19.3. The molecule has 0 saturated carbocycles. The van der Waals surface area contributed by atoms with Crippen molar-refractivity contribution in [1.29, 1.82) is 0 Å². The van der Waals surface area contributed by atoms with Crippen molar-refractivity contribution in [1.82, 2.24) is 19.8 Å². The molecule has 1 atom stereocenters. The summed E-state index contributed by atoms with van der Waals surface area (Å²) >= 11 is 1.61. The molecule has 1 aliphatic heterocycles. The topological polar surface area (TPSA) is 87.5 Å². The van der Waals surface area contributed by atoms with Crippen LogP contribution in [0.1, 0.15) is 29.2 Å². The molecule has 178 valence electrons. The van der Waals surface area contributed by atoms with Crippen molar-refractivity contribution in [3.8, 4) is 5.75 Å². The molecule has 2 amide bonds. The summed E-state index contributed by atoms with van der Waals surface area (Å²) in [5, 5.41) is 15.1. The van der Waals surface area contributed by atoms with Crippen LogP contribution >= 0.6 is 11.8 Å². The Bertz CT molecular complexity index is 1390. The van der Waals surface area contributed by atoms with Crippen LogP contribution in [0.5, 0.6) is 5.75 Å². The Labute approximate surface area is 207 Å². The normalized spacial score (nSPS) is 16.0. The van der Waals surface area contributed by atoms with Crippen LogP contribution in [0.15, 0.2) is 78.1 Å². The highest BCUT2D eigenvalue weighted by atomic mass is 32.2. The number of aromatic hydroxyl groups is 1. The van der Waals surface area contributed by atoms with Gasteiger partial charge in [-0.05, 0) is 23.8 Å². The van der Waals surface area contributed by atoms with E-state index in [2.05, 4.69) is 14.9 Å². The van der Waals surface area contributed by atoms with E-state index in [1.165, 1.54) is 0 Å². The SMILES string of the molecule is Cn1c2c(c3ccccc31)C(C(=O)NCc1ccccc1O)N(Cc1cccnc1)C(=O)CCS2. The number of fused-ring (bicyclic) bond motifs is 3. The lowest BCUT2D eigenvalue weighted by Crippen LogP contribution is -2.44. The Balaban J connectivity index is 1.61. The third-order valence-corrected chi connectivity index (χ3v) is 7.49. The highest BCUT2D eigenvalue weighted by Gasteiger charge is 2.37. The maximum absolute atomic E-state index is 13.9. The molecule has 0 bridgehead atoms. The number of nitrogens with zero attached hydrogens (tertiary/aromatic N) is 3. The van der Waals surface area contributed by atoms with Gasteiger partial charge in [0, 0.05) is 66.7 Å². The number of benzene rings is 2. The summed E-state index contributed by atoms with van der Waals surface area (Å²) in [4.78, 5) is 33.2. The number of phenolic OH excluding ortho intramolecular Hbond substituents is 1. The zero-order chi connectivity index (χ0) is 24.4. The van der Waals surface area contributed by atoms with Crippen molar-refractivity contribution in [3.05, 3.63) is 89.7 Å². The fourth-order valence-electron chi connectivity index (χ4n) is 4.60. The van der Waals surface area contributed by atoms with Crippen LogP contribution in [-0.4, -0.2) is 37.1 Å². The van der Waals surface area contributed by atoms with Gasteiger partial charge in [-0.3, -0.25) is 14.6 Å². The molecule has 3 heterocycles. The Morgan fingerprint density at radius 1 is 1.14 bits per heavy atom. The highest BCUT2D eigenvalue weighted by Crippen LogP contribution is 2.41. The predicted molar refractivity (Wildman–Crippen MR) is 136 cm³/mol. The molecule has 2 aromatic heterocycles. The second kappa shape index (κ2) is 9.84. The standard InChI is InChI=1S/C27H26N4O3S/c1-30-21-10-4-3-9-20(21)24-25(26(34)29-16-19-8-2-5-11-22(19)32)31(17-18-7-6-13-28-15-18)23(33)12-14-35-27(24)30/h2-11,13,15,25,32H,12,14,16-17H2,1H3,(H,29,34). The van der Waals surface area contributed by atoms with E-state index in [1.807, 2.05) is 49.5 Å². The van der Waals surface area contributed by atoms with E-state index in [0.29, 0.717) is 17.7 Å². The molecule has 0 saturated heterocycles. The molecule has 4 aromatic rings. The molecule has 1 unspecified atom stereocenters. The first-order valence-corrected chi connectivity index (χ1v) is 12.5. The van der Waals surface area contributed by atoms with Crippen LogP contribution in [0, 0.1) is 0 Å². The van der Waals surface area contributed by atoms with Crippen LogP contribution < -0.4 is 5.32 Å². The summed E-state index contributed by atoms with van der Waals surface area (Å²) < 4.78 is 2.11. The quantitative estimate of drug-likeness (QED) is 0.442. The monoisotopic (exact) mass is 486 g/mol. The number of carbonyl (C=O) groups excluding carboxylic acids is 2. The first-order valence-electron chi connectivity index (χ1n) is 11.5. The number of carbonyl (C=O) groups is 2. The third kappa shape index (κ3) is 4.49. The zero-order valence-corrected chi connectivity index (χ0v) is 20.2. The number of hydrogen-bond donors (Lipinski definition) is 2. The summed E-state index contributed by atoms with van der Waals surface area (Å²) in [5.74, 6) is 0.384. The van der Waals surface area contributed by atoms with Crippen molar-refractivity contribution in [3.63, 3.8) is 0 Å². The number of para-hydroxylation sites is 2. The number of nitrogens with one attached hydrogen (secondary N) is 1. The van der Waals surface area contributed by atoms with Gasteiger partial charge in [0.2, 0.25) is 11.8 Å². The van der Waals surface area contributed by atoms with Crippen molar-refractivity contribution in [2.75, 3.05) is 5.75 Å². The molecule has 8 heteroatoms. The summed E-state index contributed by atoms with van der Waals surface area (Å²) in [6, 6.07) is 17.8. The average Bonchev–Trinajstić information content (AvgIpc) is 3.14. The minimum Gasteiger partial charge on any atom is -0.508 e. The van der Waals surface area contributed by atoms with E-state index in [-0.39, 0.29) is 30.7 Å². The summed E-state index contributed by atoms with van der Waals surface area (Å²) in [6.45, 7) is 0.429. The fraction of sp³-hybridized carbons (Fsp3) is 0.222. The van der Waals surface area contributed by atoms with Crippen molar-refractivity contribution in [2.24, 2.45) is 7.05 Å². The van der Waals surface area contributed by atoms with Gasteiger partial charge in [0.1, 0.15) is 11.8 Å². The predicted octanol–water partition coefficient (Wildman–Crippen LogP) is 4.16. The van der Waals surface area contributed by atoms with Crippen LogP contribution in [0.3, 0.4) is 0 Å². The number of hydrogen-bond acceptors (Lipinski definition) is 5. The Kier molecular flexibility index (Phi) is 6.46. The first-order chi connectivity index (χ1) is 17.0. The molecule has 35 heavy (non-hydrogen) atoms. The fourth-order valence-corrected chi connectivity index (χ4v) is 5.74. The van der Waals surface area contributed by atoms with Gasteiger partial charge >= 0.3 is 0 Å². The van der Waals surface area contributed by atoms with Crippen LogP contribution in [0.25, 0.3) is 10.9 Å². The van der Waals surface area contributed by atoms with Gasteiger partial charge in [0.25, 0.3) is 0 Å². The first kappa shape index (κ1) is 23.0.